The Bertz CT molecular complexity index is 831. The van der Waals surface area contributed by atoms with Gasteiger partial charge in [0.25, 0.3) is 5.91 Å². The Kier molecular flexibility index (Phi) is 2.44. The van der Waals surface area contributed by atoms with E-state index in [4.69, 9.17) is 5.73 Å². The summed E-state index contributed by atoms with van der Waals surface area (Å²) in [5, 5.41) is 11.5. The fraction of sp³-hybridized carbons (Fsp3) is 0.133. The molecule has 1 aliphatic rings. The number of hydrogen-bond acceptors (Lipinski definition) is 3. The van der Waals surface area contributed by atoms with Gasteiger partial charge in [-0.1, -0.05) is 18.2 Å². The number of aromatic nitrogens is 4. The summed E-state index contributed by atoms with van der Waals surface area (Å²) >= 11 is 0. The van der Waals surface area contributed by atoms with E-state index in [1.807, 2.05) is 35.0 Å². The number of carbonyl (C=O) groups excluding carboxylic acids is 1. The number of aromatic amines is 1. The number of para-hydroxylation sites is 1. The first-order valence-corrected chi connectivity index (χ1v) is 6.75. The molecule has 2 aromatic heterocycles. The molecule has 4 rings (SSSR count). The van der Waals surface area contributed by atoms with Gasteiger partial charge in [-0.25, -0.2) is 4.68 Å². The quantitative estimate of drug-likeness (QED) is 0.744. The van der Waals surface area contributed by atoms with Gasteiger partial charge in [0.05, 0.1) is 23.3 Å². The molecule has 6 nitrogen and oxygen atoms in total. The number of hydrogen-bond donors (Lipinski definition) is 2. The van der Waals surface area contributed by atoms with Crippen molar-refractivity contribution in [2.45, 2.75) is 12.8 Å². The topological polar surface area (TPSA) is 89.6 Å². The van der Waals surface area contributed by atoms with Crippen LogP contribution in [0.25, 0.3) is 16.9 Å². The molecule has 0 bridgehead atoms. The minimum atomic E-state index is -0.470. The van der Waals surface area contributed by atoms with E-state index in [9.17, 15) is 4.79 Å². The number of fused-ring (bicyclic) bond motifs is 3. The Hall–Kier alpha value is -2.89. The molecule has 0 saturated carbocycles. The number of nitrogens with zero attached hydrogens (tertiary/aromatic N) is 3. The number of amides is 1. The highest BCUT2D eigenvalue weighted by atomic mass is 16.1. The van der Waals surface area contributed by atoms with Crippen LogP contribution < -0.4 is 5.73 Å². The lowest BCUT2D eigenvalue weighted by molar-refractivity contribution is 0.0994. The lowest BCUT2D eigenvalue weighted by Gasteiger charge is -2.14. The first-order valence-electron chi connectivity index (χ1n) is 6.75. The molecular weight excluding hydrogens is 266 g/mol. The average Bonchev–Trinajstić information content (AvgIpc) is 3.11. The zero-order valence-corrected chi connectivity index (χ0v) is 11.2. The van der Waals surface area contributed by atoms with Crippen molar-refractivity contribution >= 4 is 5.91 Å². The Morgan fingerprint density at radius 2 is 2.05 bits per heavy atom. The smallest absolute Gasteiger partial charge is 0.267 e. The van der Waals surface area contributed by atoms with Gasteiger partial charge in [0.1, 0.15) is 5.69 Å². The largest absolute Gasteiger partial charge is 0.364 e. The van der Waals surface area contributed by atoms with E-state index in [1.54, 1.807) is 6.20 Å². The van der Waals surface area contributed by atoms with E-state index in [-0.39, 0.29) is 0 Å². The van der Waals surface area contributed by atoms with Gasteiger partial charge in [-0.15, -0.1) is 0 Å². The molecule has 3 N–H and O–H groups in total. The first-order chi connectivity index (χ1) is 10.3. The number of carbonyl (C=O) groups is 1. The molecule has 2 heterocycles. The van der Waals surface area contributed by atoms with Crippen molar-refractivity contribution in [3.05, 3.63) is 53.5 Å². The normalized spacial score (nSPS) is 12.8. The van der Waals surface area contributed by atoms with E-state index in [0.29, 0.717) is 5.69 Å². The molecule has 0 fully saturated rings. The molecule has 0 radical (unpaired) electrons. The Labute approximate surface area is 120 Å². The molecular formula is C15H13N5O. The van der Waals surface area contributed by atoms with Crippen LogP contribution in [0, 0.1) is 0 Å². The molecule has 0 spiro atoms. The van der Waals surface area contributed by atoms with Crippen molar-refractivity contribution < 1.29 is 4.79 Å². The SMILES string of the molecule is NC(=O)c1[nH]nc2c1CCc1c-2cnn1-c1ccccc1. The van der Waals surface area contributed by atoms with Crippen molar-refractivity contribution in [3.8, 4) is 16.9 Å². The Morgan fingerprint density at radius 1 is 1.24 bits per heavy atom. The van der Waals surface area contributed by atoms with Gasteiger partial charge < -0.3 is 5.73 Å². The second-order valence-electron chi connectivity index (χ2n) is 5.04. The van der Waals surface area contributed by atoms with Crippen LogP contribution in [0.1, 0.15) is 21.7 Å². The van der Waals surface area contributed by atoms with Crippen molar-refractivity contribution in [2.24, 2.45) is 5.73 Å². The third-order valence-corrected chi connectivity index (χ3v) is 3.85. The molecule has 1 aliphatic carbocycles. The van der Waals surface area contributed by atoms with E-state index < -0.39 is 5.91 Å². The van der Waals surface area contributed by atoms with Gasteiger partial charge in [-0.3, -0.25) is 9.89 Å². The van der Waals surface area contributed by atoms with Crippen LogP contribution in [0.4, 0.5) is 0 Å². The highest BCUT2D eigenvalue weighted by Gasteiger charge is 2.27. The summed E-state index contributed by atoms with van der Waals surface area (Å²) in [7, 11) is 0. The molecule has 0 aliphatic heterocycles. The van der Waals surface area contributed by atoms with Gasteiger partial charge in [-0.05, 0) is 25.0 Å². The maximum Gasteiger partial charge on any atom is 0.267 e. The monoisotopic (exact) mass is 279 g/mol. The second kappa shape index (κ2) is 4.31. The van der Waals surface area contributed by atoms with Crippen molar-refractivity contribution in [2.75, 3.05) is 0 Å². The fourth-order valence-electron chi connectivity index (χ4n) is 2.88. The Balaban J connectivity index is 1.87. The zero-order chi connectivity index (χ0) is 14.4. The van der Waals surface area contributed by atoms with Crippen molar-refractivity contribution in [1.29, 1.82) is 0 Å². The van der Waals surface area contributed by atoms with Crippen LogP contribution in [0.5, 0.6) is 0 Å². The molecule has 0 atom stereocenters. The van der Waals surface area contributed by atoms with Crippen LogP contribution in [-0.2, 0) is 12.8 Å². The highest BCUT2D eigenvalue weighted by molar-refractivity contribution is 5.94. The number of nitrogens with two attached hydrogens (primary N) is 1. The summed E-state index contributed by atoms with van der Waals surface area (Å²) in [6.45, 7) is 0. The summed E-state index contributed by atoms with van der Waals surface area (Å²) in [6.07, 6.45) is 3.33. The van der Waals surface area contributed by atoms with Crippen LogP contribution in [0.3, 0.4) is 0 Å². The lowest BCUT2D eigenvalue weighted by atomic mass is 9.94. The van der Waals surface area contributed by atoms with Crippen LogP contribution in [0.2, 0.25) is 0 Å². The van der Waals surface area contributed by atoms with E-state index >= 15 is 0 Å². The zero-order valence-electron chi connectivity index (χ0n) is 11.2. The van der Waals surface area contributed by atoms with Crippen LogP contribution in [-0.4, -0.2) is 25.9 Å². The number of rotatable bonds is 2. The molecule has 1 amide bonds. The molecule has 0 saturated heterocycles. The fourth-order valence-corrected chi connectivity index (χ4v) is 2.88. The summed E-state index contributed by atoms with van der Waals surface area (Å²) in [6, 6.07) is 9.98. The maximum absolute atomic E-state index is 11.4. The summed E-state index contributed by atoms with van der Waals surface area (Å²) < 4.78 is 1.93. The van der Waals surface area contributed by atoms with Gasteiger partial charge in [0.15, 0.2) is 0 Å². The van der Waals surface area contributed by atoms with Gasteiger partial charge in [0.2, 0.25) is 0 Å². The van der Waals surface area contributed by atoms with E-state index in [0.717, 1.165) is 41.0 Å². The number of benzene rings is 1. The van der Waals surface area contributed by atoms with Crippen LogP contribution >= 0.6 is 0 Å². The van der Waals surface area contributed by atoms with Crippen molar-refractivity contribution in [1.82, 2.24) is 20.0 Å². The third kappa shape index (κ3) is 1.69. The summed E-state index contributed by atoms with van der Waals surface area (Å²) in [4.78, 5) is 11.4. The standard InChI is InChI=1S/C15H13N5O/c16-15(21)14-10-6-7-12-11(13(10)18-19-14)8-17-20(12)9-4-2-1-3-5-9/h1-5,8H,6-7H2,(H2,16,21)(H,18,19). The molecule has 3 aromatic rings. The third-order valence-electron chi connectivity index (χ3n) is 3.85. The molecule has 0 unspecified atom stereocenters. The summed E-state index contributed by atoms with van der Waals surface area (Å²) in [5.41, 5.74) is 10.5. The lowest BCUT2D eigenvalue weighted by Crippen LogP contribution is -2.16. The van der Waals surface area contributed by atoms with E-state index in [1.165, 1.54) is 0 Å². The van der Waals surface area contributed by atoms with Crippen molar-refractivity contribution in [3.63, 3.8) is 0 Å². The Morgan fingerprint density at radius 3 is 2.81 bits per heavy atom. The summed E-state index contributed by atoms with van der Waals surface area (Å²) in [5.74, 6) is -0.470. The van der Waals surface area contributed by atoms with E-state index in [2.05, 4.69) is 15.3 Å². The van der Waals surface area contributed by atoms with Crippen LogP contribution in [0.15, 0.2) is 36.5 Å². The second-order valence-corrected chi connectivity index (χ2v) is 5.04. The minimum absolute atomic E-state index is 0.406. The maximum atomic E-state index is 11.4. The predicted molar refractivity (Wildman–Crippen MR) is 77.1 cm³/mol. The predicted octanol–water partition coefficient (Wildman–Crippen LogP) is 1.46. The molecule has 6 heteroatoms. The minimum Gasteiger partial charge on any atom is -0.364 e. The molecule has 21 heavy (non-hydrogen) atoms. The number of primary amides is 1. The van der Waals surface area contributed by atoms with Gasteiger partial charge in [0, 0.05) is 11.1 Å². The number of nitrogens with one attached hydrogen (secondary N) is 1. The molecule has 1 aromatic carbocycles. The number of H-pyrrole nitrogens is 1. The first kappa shape index (κ1) is 11.9. The van der Waals surface area contributed by atoms with Gasteiger partial charge in [-0.2, -0.15) is 10.2 Å². The van der Waals surface area contributed by atoms with Gasteiger partial charge >= 0.3 is 0 Å². The highest BCUT2D eigenvalue weighted by Crippen LogP contribution is 2.34. The molecule has 104 valence electrons. The average molecular weight is 279 g/mol.